The minimum Gasteiger partial charge on any atom is -0.0992 e. The highest BCUT2D eigenvalue weighted by molar-refractivity contribution is 5.86. The highest BCUT2D eigenvalue weighted by Gasteiger charge is 2.11. The van der Waals surface area contributed by atoms with Crippen LogP contribution in [0.3, 0.4) is 0 Å². The van der Waals surface area contributed by atoms with Crippen LogP contribution in [0.2, 0.25) is 0 Å². The van der Waals surface area contributed by atoms with Crippen molar-refractivity contribution < 1.29 is 0 Å². The summed E-state index contributed by atoms with van der Waals surface area (Å²) in [6.07, 6.45) is 2.51. The van der Waals surface area contributed by atoms with Crippen molar-refractivity contribution in [1.82, 2.24) is 0 Å². The Balaban J connectivity index is 1.55. The molecule has 0 aliphatic heterocycles. The maximum Gasteiger partial charge on any atom is -0.00196 e. The molecule has 4 rings (SSSR count). The first-order valence-electron chi connectivity index (χ1n) is 12.6. The molecule has 0 aromatic heterocycles. The monoisotopic (exact) mass is 468 g/mol. The van der Waals surface area contributed by atoms with E-state index in [-0.39, 0.29) is 0 Å². The molecule has 0 bridgehead atoms. The van der Waals surface area contributed by atoms with E-state index in [1.165, 1.54) is 55.3 Å². The van der Waals surface area contributed by atoms with Gasteiger partial charge in [0.25, 0.3) is 0 Å². The standard InChI is InChI=1S/C36H36/c1-24(2)31-14-12-27(6)34(22-31)19-26(5)18-29-13-17-36(25(3)4)35(21-29)20-28(7)32-16-15-30-10-8-9-11-33(30)23-32/h8-17,21-23H,1,3,5,7,18-20H2,2,4,6H3. The number of fused-ring (bicyclic) bond motifs is 1. The van der Waals surface area contributed by atoms with E-state index in [2.05, 4.69) is 126 Å². The summed E-state index contributed by atoms with van der Waals surface area (Å²) in [4.78, 5) is 0. The molecule has 0 nitrogen and oxygen atoms in total. The second kappa shape index (κ2) is 10.8. The molecule has 0 heterocycles. The fourth-order valence-corrected chi connectivity index (χ4v) is 4.81. The predicted octanol–water partition coefficient (Wildman–Crippen LogP) is 9.81. The molecule has 0 aliphatic rings. The van der Waals surface area contributed by atoms with Crippen LogP contribution in [-0.2, 0) is 19.3 Å². The fraction of sp³-hybridized carbons (Fsp3) is 0.167. The van der Waals surface area contributed by atoms with Crippen molar-refractivity contribution in [3.8, 4) is 0 Å². The molecule has 0 fully saturated rings. The first-order chi connectivity index (χ1) is 17.2. The number of benzene rings is 4. The average Bonchev–Trinajstić information content (AvgIpc) is 2.84. The van der Waals surface area contributed by atoms with Crippen LogP contribution in [0.4, 0.5) is 0 Å². The number of allylic oxidation sites excluding steroid dienone is 4. The predicted molar refractivity (Wildman–Crippen MR) is 160 cm³/mol. The van der Waals surface area contributed by atoms with E-state index in [9.17, 15) is 0 Å². The Kier molecular flexibility index (Phi) is 7.55. The molecular formula is C36H36. The molecule has 180 valence electrons. The van der Waals surface area contributed by atoms with E-state index >= 15 is 0 Å². The second-order valence-electron chi connectivity index (χ2n) is 10.1. The minimum absolute atomic E-state index is 0.792. The Bertz CT molecular complexity index is 1490. The van der Waals surface area contributed by atoms with Gasteiger partial charge in [0.05, 0.1) is 0 Å². The van der Waals surface area contributed by atoms with Crippen LogP contribution < -0.4 is 0 Å². The van der Waals surface area contributed by atoms with Crippen LogP contribution in [0.25, 0.3) is 27.5 Å². The van der Waals surface area contributed by atoms with Crippen LogP contribution in [0.15, 0.2) is 111 Å². The van der Waals surface area contributed by atoms with Crippen LogP contribution in [0, 0.1) is 6.92 Å². The third-order valence-electron chi connectivity index (χ3n) is 6.93. The van der Waals surface area contributed by atoms with Gasteiger partial charge in [-0.05, 0) is 101 Å². The summed E-state index contributed by atoms with van der Waals surface area (Å²) in [6.45, 7) is 23.5. The van der Waals surface area contributed by atoms with Gasteiger partial charge in [-0.1, -0.05) is 116 Å². The minimum atomic E-state index is 0.792. The summed E-state index contributed by atoms with van der Waals surface area (Å²) in [6, 6.07) is 28.4. The van der Waals surface area contributed by atoms with E-state index < -0.39 is 0 Å². The van der Waals surface area contributed by atoms with Crippen molar-refractivity contribution in [2.45, 2.75) is 40.0 Å². The van der Waals surface area contributed by atoms with Gasteiger partial charge in [0, 0.05) is 0 Å². The molecule has 0 saturated heterocycles. The van der Waals surface area contributed by atoms with Gasteiger partial charge in [-0.15, -0.1) is 0 Å². The highest BCUT2D eigenvalue weighted by Crippen LogP contribution is 2.28. The Morgan fingerprint density at radius 3 is 2.06 bits per heavy atom. The van der Waals surface area contributed by atoms with Gasteiger partial charge in [0.2, 0.25) is 0 Å². The zero-order chi connectivity index (χ0) is 25.8. The molecule has 4 aromatic rings. The van der Waals surface area contributed by atoms with Gasteiger partial charge >= 0.3 is 0 Å². The molecule has 0 heteroatoms. The molecule has 4 aromatic carbocycles. The normalized spacial score (nSPS) is 10.9. The topological polar surface area (TPSA) is 0 Å². The van der Waals surface area contributed by atoms with Gasteiger partial charge in [0.15, 0.2) is 0 Å². The Morgan fingerprint density at radius 2 is 1.33 bits per heavy atom. The van der Waals surface area contributed by atoms with E-state index in [4.69, 9.17) is 0 Å². The summed E-state index contributed by atoms with van der Waals surface area (Å²) in [5.41, 5.74) is 13.2. The molecule has 0 N–H and O–H groups in total. The van der Waals surface area contributed by atoms with Crippen molar-refractivity contribution in [3.63, 3.8) is 0 Å². The second-order valence-corrected chi connectivity index (χ2v) is 10.1. The fourth-order valence-electron chi connectivity index (χ4n) is 4.81. The van der Waals surface area contributed by atoms with Gasteiger partial charge < -0.3 is 0 Å². The molecule has 0 radical (unpaired) electrons. The number of rotatable bonds is 9. The summed E-state index contributed by atoms with van der Waals surface area (Å²) < 4.78 is 0. The lowest BCUT2D eigenvalue weighted by Gasteiger charge is -2.16. The number of aryl methyl sites for hydroxylation is 1. The van der Waals surface area contributed by atoms with Gasteiger partial charge in [0.1, 0.15) is 0 Å². The van der Waals surface area contributed by atoms with Crippen molar-refractivity contribution in [3.05, 3.63) is 150 Å². The van der Waals surface area contributed by atoms with Gasteiger partial charge in [-0.3, -0.25) is 0 Å². The van der Waals surface area contributed by atoms with Crippen LogP contribution in [0.1, 0.15) is 52.8 Å². The van der Waals surface area contributed by atoms with E-state index in [1.54, 1.807) is 0 Å². The first kappa shape index (κ1) is 25.2. The lowest BCUT2D eigenvalue weighted by Crippen LogP contribution is -2.00. The summed E-state index contributed by atoms with van der Waals surface area (Å²) >= 11 is 0. The molecular weight excluding hydrogens is 432 g/mol. The molecule has 0 amide bonds. The third-order valence-corrected chi connectivity index (χ3v) is 6.93. The Labute approximate surface area is 217 Å². The lowest BCUT2D eigenvalue weighted by atomic mass is 9.89. The Hall–Kier alpha value is -3.90. The zero-order valence-electron chi connectivity index (χ0n) is 22.0. The summed E-state index contributed by atoms with van der Waals surface area (Å²) in [5.74, 6) is 0. The maximum absolute atomic E-state index is 4.45. The van der Waals surface area contributed by atoms with E-state index in [0.717, 1.165) is 36.0 Å². The number of hydrogen-bond donors (Lipinski definition) is 0. The SMILES string of the molecule is C=C(Cc1ccc(C(=C)C)c(CC(=C)c2ccc3ccccc3c2)c1)Cc1cc(C(=C)C)ccc1C. The maximum atomic E-state index is 4.45. The molecule has 0 aliphatic carbocycles. The summed E-state index contributed by atoms with van der Waals surface area (Å²) in [5, 5.41) is 2.49. The smallest absolute Gasteiger partial charge is 0.00196 e. The lowest BCUT2D eigenvalue weighted by molar-refractivity contribution is 1.03. The Morgan fingerprint density at radius 1 is 0.611 bits per heavy atom. The van der Waals surface area contributed by atoms with Crippen LogP contribution in [0.5, 0.6) is 0 Å². The van der Waals surface area contributed by atoms with Crippen molar-refractivity contribution in [2.75, 3.05) is 0 Å². The van der Waals surface area contributed by atoms with Crippen LogP contribution in [-0.4, -0.2) is 0 Å². The molecule has 36 heavy (non-hydrogen) atoms. The molecule has 0 spiro atoms. The van der Waals surface area contributed by atoms with E-state index in [1.807, 2.05) is 0 Å². The molecule has 0 saturated carbocycles. The average molecular weight is 469 g/mol. The van der Waals surface area contributed by atoms with Gasteiger partial charge in [-0.25, -0.2) is 0 Å². The number of hydrogen-bond acceptors (Lipinski definition) is 0. The van der Waals surface area contributed by atoms with E-state index in [0.29, 0.717) is 0 Å². The molecule has 0 unspecified atom stereocenters. The zero-order valence-corrected chi connectivity index (χ0v) is 22.0. The van der Waals surface area contributed by atoms with Crippen molar-refractivity contribution >= 4 is 27.5 Å². The van der Waals surface area contributed by atoms with Crippen LogP contribution >= 0.6 is 0 Å². The van der Waals surface area contributed by atoms with Crippen molar-refractivity contribution in [1.29, 1.82) is 0 Å². The summed E-state index contributed by atoms with van der Waals surface area (Å²) in [7, 11) is 0. The third kappa shape index (κ3) is 5.83. The van der Waals surface area contributed by atoms with Crippen molar-refractivity contribution in [2.24, 2.45) is 0 Å². The highest BCUT2D eigenvalue weighted by atomic mass is 14.2. The quantitative estimate of drug-likeness (QED) is 0.214. The molecule has 0 atom stereocenters. The van der Waals surface area contributed by atoms with Gasteiger partial charge in [-0.2, -0.15) is 0 Å². The largest absolute Gasteiger partial charge is 0.0992 e. The first-order valence-corrected chi connectivity index (χ1v) is 12.6.